The minimum absolute atomic E-state index is 0.205. The van der Waals surface area contributed by atoms with E-state index < -0.39 is 0 Å². The van der Waals surface area contributed by atoms with E-state index >= 15 is 0 Å². The number of nitrogens with zero attached hydrogens (tertiary/aromatic N) is 2. The van der Waals surface area contributed by atoms with E-state index in [1.165, 1.54) is 0 Å². The summed E-state index contributed by atoms with van der Waals surface area (Å²) in [6.07, 6.45) is 6.37. The molecule has 2 N–H and O–H groups in total. The third-order valence-corrected chi connectivity index (χ3v) is 2.52. The predicted octanol–water partition coefficient (Wildman–Crippen LogP) is 1.71. The van der Waals surface area contributed by atoms with Crippen LogP contribution in [0.25, 0.3) is 0 Å². The maximum atomic E-state index is 6.06. The third-order valence-electron chi connectivity index (χ3n) is 2.52. The Morgan fingerprint density at radius 1 is 1.41 bits per heavy atom. The monoisotopic (exact) mass is 233 g/mol. The molecular formula is C12H15N3O2. The molecule has 0 fully saturated rings. The molecule has 2 aromatic rings. The number of rotatable bonds is 5. The molecule has 0 spiro atoms. The minimum atomic E-state index is -0.205. The van der Waals surface area contributed by atoms with Gasteiger partial charge in [0.15, 0.2) is 0 Å². The van der Waals surface area contributed by atoms with Gasteiger partial charge in [0.2, 0.25) is 5.88 Å². The average molecular weight is 233 g/mol. The molecule has 5 nitrogen and oxygen atoms in total. The van der Waals surface area contributed by atoms with Crippen LogP contribution in [0.1, 0.15) is 23.9 Å². The number of furan rings is 1. The minimum Gasteiger partial charge on any atom is -0.480 e. The van der Waals surface area contributed by atoms with E-state index in [4.69, 9.17) is 14.9 Å². The Bertz CT molecular complexity index is 457. The number of methoxy groups -OCH3 is 1. The standard InChI is InChI=1S/C12H15N3O2/c1-16-12-11(14-6-7-15-12)10(13)5-4-9-3-2-8-17-9/h2-3,6-8,10H,4-5,13H2,1H3. The summed E-state index contributed by atoms with van der Waals surface area (Å²) in [5.41, 5.74) is 6.75. The molecular weight excluding hydrogens is 218 g/mol. The Balaban J connectivity index is 2.01. The van der Waals surface area contributed by atoms with Gasteiger partial charge in [-0.15, -0.1) is 0 Å². The van der Waals surface area contributed by atoms with Gasteiger partial charge in [0, 0.05) is 18.8 Å². The van der Waals surface area contributed by atoms with Crippen molar-refractivity contribution in [2.24, 2.45) is 5.73 Å². The molecule has 5 heteroatoms. The van der Waals surface area contributed by atoms with Crippen molar-refractivity contribution in [1.82, 2.24) is 9.97 Å². The lowest BCUT2D eigenvalue weighted by molar-refractivity contribution is 0.381. The smallest absolute Gasteiger partial charge is 0.236 e. The zero-order valence-corrected chi connectivity index (χ0v) is 9.67. The van der Waals surface area contributed by atoms with Gasteiger partial charge in [-0.05, 0) is 18.6 Å². The van der Waals surface area contributed by atoms with Crippen LogP contribution in [0.5, 0.6) is 5.88 Å². The van der Waals surface area contributed by atoms with Crippen LogP contribution in [0.15, 0.2) is 35.2 Å². The van der Waals surface area contributed by atoms with E-state index in [1.54, 1.807) is 25.8 Å². The van der Waals surface area contributed by atoms with E-state index in [0.29, 0.717) is 11.6 Å². The van der Waals surface area contributed by atoms with Crippen LogP contribution in [0.3, 0.4) is 0 Å². The zero-order valence-electron chi connectivity index (χ0n) is 9.67. The first-order chi connectivity index (χ1) is 8.31. The molecule has 90 valence electrons. The second-order valence-corrected chi connectivity index (χ2v) is 3.68. The highest BCUT2D eigenvalue weighted by molar-refractivity contribution is 5.20. The van der Waals surface area contributed by atoms with Gasteiger partial charge in [-0.25, -0.2) is 4.98 Å². The van der Waals surface area contributed by atoms with Crippen molar-refractivity contribution in [3.63, 3.8) is 0 Å². The molecule has 17 heavy (non-hydrogen) atoms. The van der Waals surface area contributed by atoms with Crippen LogP contribution < -0.4 is 10.5 Å². The fourth-order valence-electron chi connectivity index (χ4n) is 1.64. The second kappa shape index (κ2) is 5.45. The van der Waals surface area contributed by atoms with Gasteiger partial charge in [-0.3, -0.25) is 4.98 Å². The molecule has 2 heterocycles. The average Bonchev–Trinajstić information content (AvgIpc) is 2.89. The van der Waals surface area contributed by atoms with E-state index in [1.807, 2.05) is 12.1 Å². The second-order valence-electron chi connectivity index (χ2n) is 3.68. The highest BCUT2D eigenvalue weighted by Crippen LogP contribution is 2.21. The number of aryl methyl sites for hydroxylation is 1. The van der Waals surface area contributed by atoms with Crippen LogP contribution in [-0.4, -0.2) is 17.1 Å². The molecule has 0 saturated heterocycles. The molecule has 0 aromatic carbocycles. The maximum Gasteiger partial charge on any atom is 0.236 e. The molecule has 0 saturated carbocycles. The summed E-state index contributed by atoms with van der Waals surface area (Å²) in [4.78, 5) is 8.28. The maximum absolute atomic E-state index is 6.06. The summed E-state index contributed by atoms with van der Waals surface area (Å²) in [6, 6.07) is 3.59. The molecule has 0 aliphatic rings. The van der Waals surface area contributed by atoms with Crippen LogP contribution in [0.4, 0.5) is 0 Å². The summed E-state index contributed by atoms with van der Waals surface area (Å²) in [5, 5.41) is 0. The molecule has 2 rings (SSSR count). The van der Waals surface area contributed by atoms with Crippen molar-refractivity contribution in [1.29, 1.82) is 0 Å². The van der Waals surface area contributed by atoms with Gasteiger partial charge in [-0.2, -0.15) is 0 Å². The Kier molecular flexibility index (Phi) is 3.72. The first-order valence-electron chi connectivity index (χ1n) is 5.44. The SMILES string of the molecule is COc1nccnc1C(N)CCc1ccco1. The van der Waals surface area contributed by atoms with Crippen molar-refractivity contribution < 1.29 is 9.15 Å². The Morgan fingerprint density at radius 2 is 2.24 bits per heavy atom. The van der Waals surface area contributed by atoms with Gasteiger partial charge in [0.25, 0.3) is 0 Å². The number of ether oxygens (including phenoxy) is 1. The number of hydrogen-bond acceptors (Lipinski definition) is 5. The van der Waals surface area contributed by atoms with Gasteiger partial charge in [-0.1, -0.05) is 0 Å². The summed E-state index contributed by atoms with van der Waals surface area (Å²) in [5.74, 6) is 1.41. The third kappa shape index (κ3) is 2.82. The molecule has 0 radical (unpaired) electrons. The lowest BCUT2D eigenvalue weighted by atomic mass is 10.1. The van der Waals surface area contributed by atoms with Crippen molar-refractivity contribution in [3.05, 3.63) is 42.2 Å². The predicted molar refractivity (Wildman–Crippen MR) is 62.5 cm³/mol. The number of nitrogens with two attached hydrogens (primary N) is 1. The molecule has 0 aliphatic heterocycles. The van der Waals surface area contributed by atoms with E-state index in [0.717, 1.165) is 18.6 Å². The lowest BCUT2D eigenvalue weighted by Gasteiger charge is -2.12. The highest BCUT2D eigenvalue weighted by atomic mass is 16.5. The number of aromatic nitrogens is 2. The normalized spacial score (nSPS) is 12.4. The molecule has 0 aliphatic carbocycles. The first-order valence-corrected chi connectivity index (χ1v) is 5.44. The summed E-state index contributed by atoms with van der Waals surface area (Å²) in [7, 11) is 1.56. The molecule has 1 unspecified atom stereocenters. The van der Waals surface area contributed by atoms with Crippen molar-refractivity contribution in [3.8, 4) is 5.88 Å². The summed E-state index contributed by atoms with van der Waals surface area (Å²) < 4.78 is 10.4. The molecule has 0 amide bonds. The quantitative estimate of drug-likeness (QED) is 0.851. The van der Waals surface area contributed by atoms with E-state index in [2.05, 4.69) is 9.97 Å². The largest absolute Gasteiger partial charge is 0.480 e. The summed E-state index contributed by atoms with van der Waals surface area (Å²) >= 11 is 0. The zero-order chi connectivity index (χ0) is 12.1. The topological polar surface area (TPSA) is 74.2 Å². The molecule has 0 bridgehead atoms. The van der Waals surface area contributed by atoms with Crippen LogP contribution in [0, 0.1) is 0 Å². The Morgan fingerprint density at radius 3 is 2.94 bits per heavy atom. The van der Waals surface area contributed by atoms with Gasteiger partial charge < -0.3 is 14.9 Å². The van der Waals surface area contributed by atoms with Crippen LogP contribution in [-0.2, 0) is 6.42 Å². The lowest BCUT2D eigenvalue weighted by Crippen LogP contribution is -2.14. The molecule has 2 aromatic heterocycles. The van der Waals surface area contributed by atoms with Gasteiger partial charge >= 0.3 is 0 Å². The fraction of sp³-hybridized carbons (Fsp3) is 0.333. The van der Waals surface area contributed by atoms with Crippen LogP contribution in [0.2, 0.25) is 0 Å². The Hall–Kier alpha value is -1.88. The van der Waals surface area contributed by atoms with E-state index in [-0.39, 0.29) is 6.04 Å². The van der Waals surface area contributed by atoms with Crippen molar-refractivity contribution >= 4 is 0 Å². The first kappa shape index (κ1) is 11.6. The molecule has 1 atom stereocenters. The Labute approximate surface area is 99.6 Å². The van der Waals surface area contributed by atoms with E-state index in [9.17, 15) is 0 Å². The highest BCUT2D eigenvalue weighted by Gasteiger charge is 2.14. The van der Waals surface area contributed by atoms with Crippen molar-refractivity contribution in [2.75, 3.05) is 7.11 Å². The van der Waals surface area contributed by atoms with Crippen molar-refractivity contribution in [2.45, 2.75) is 18.9 Å². The van der Waals surface area contributed by atoms with Crippen LogP contribution >= 0.6 is 0 Å². The van der Waals surface area contributed by atoms with Gasteiger partial charge in [0.05, 0.1) is 19.4 Å². The fourth-order valence-corrected chi connectivity index (χ4v) is 1.64. The van der Waals surface area contributed by atoms with Gasteiger partial charge in [0.1, 0.15) is 11.5 Å². The summed E-state index contributed by atoms with van der Waals surface area (Å²) in [6.45, 7) is 0. The number of hydrogen-bond donors (Lipinski definition) is 1.